The van der Waals surface area contributed by atoms with Crippen LogP contribution in [-0.2, 0) is 14.3 Å². The molecule has 1 unspecified atom stereocenters. The zero-order valence-corrected chi connectivity index (χ0v) is 11.1. The van der Waals surface area contributed by atoms with Crippen LogP contribution in [0, 0.1) is 0 Å². The Morgan fingerprint density at radius 3 is 2.44 bits per heavy atom. The molecular formula is C13H23NO4. The third-order valence-electron chi connectivity index (χ3n) is 3.30. The van der Waals surface area contributed by atoms with E-state index in [9.17, 15) is 9.59 Å². The van der Waals surface area contributed by atoms with Crippen LogP contribution in [0.2, 0.25) is 0 Å². The van der Waals surface area contributed by atoms with Gasteiger partial charge in [0.25, 0.3) is 0 Å². The fourth-order valence-electron chi connectivity index (χ4n) is 2.15. The molecule has 1 fully saturated rings. The van der Waals surface area contributed by atoms with Crippen molar-refractivity contribution in [2.75, 3.05) is 0 Å². The molecule has 1 aliphatic carbocycles. The van der Waals surface area contributed by atoms with Crippen molar-refractivity contribution in [1.82, 2.24) is 5.32 Å². The molecule has 0 radical (unpaired) electrons. The molecular weight excluding hydrogens is 234 g/mol. The molecule has 0 saturated heterocycles. The number of ether oxygens (including phenoxy) is 1. The smallest absolute Gasteiger partial charge is 0.325 e. The van der Waals surface area contributed by atoms with Crippen LogP contribution in [0.1, 0.15) is 52.4 Å². The van der Waals surface area contributed by atoms with Crippen molar-refractivity contribution in [3.05, 3.63) is 0 Å². The summed E-state index contributed by atoms with van der Waals surface area (Å²) in [6.45, 7) is 3.33. The van der Waals surface area contributed by atoms with Gasteiger partial charge in [0.05, 0.1) is 6.10 Å². The Hall–Kier alpha value is -1.10. The Bertz CT molecular complexity index is 287. The average molecular weight is 257 g/mol. The first-order valence-electron chi connectivity index (χ1n) is 6.73. The van der Waals surface area contributed by atoms with Gasteiger partial charge in [-0.3, -0.25) is 9.59 Å². The Morgan fingerprint density at radius 2 is 1.94 bits per heavy atom. The van der Waals surface area contributed by atoms with Gasteiger partial charge in [-0.1, -0.05) is 26.2 Å². The fourth-order valence-corrected chi connectivity index (χ4v) is 2.15. The van der Waals surface area contributed by atoms with Crippen LogP contribution in [0.15, 0.2) is 0 Å². The molecule has 2 N–H and O–H groups in total. The number of amides is 1. The zero-order chi connectivity index (χ0) is 13.5. The Kier molecular flexibility index (Phi) is 6.12. The maximum Gasteiger partial charge on any atom is 0.325 e. The number of rotatable bonds is 6. The van der Waals surface area contributed by atoms with Crippen molar-refractivity contribution in [1.29, 1.82) is 0 Å². The van der Waals surface area contributed by atoms with Gasteiger partial charge >= 0.3 is 5.97 Å². The van der Waals surface area contributed by atoms with Crippen molar-refractivity contribution in [3.8, 4) is 0 Å². The van der Waals surface area contributed by atoms with Gasteiger partial charge in [-0.05, 0) is 26.2 Å². The predicted octanol–water partition coefficient (Wildman–Crippen LogP) is 1.70. The lowest BCUT2D eigenvalue weighted by Crippen LogP contribution is -2.45. The number of nitrogens with one attached hydrogen (secondary N) is 1. The summed E-state index contributed by atoms with van der Waals surface area (Å²) in [6.07, 6.45) is 5.71. The summed E-state index contributed by atoms with van der Waals surface area (Å²) in [4.78, 5) is 22.5. The SMILES string of the molecule is CCC(OC1CCCCC1)C(=O)N[C@H](C)C(=O)O. The van der Waals surface area contributed by atoms with Gasteiger partial charge in [0.1, 0.15) is 12.1 Å². The van der Waals surface area contributed by atoms with E-state index in [1.165, 1.54) is 13.3 Å². The lowest BCUT2D eigenvalue weighted by molar-refractivity contribution is -0.146. The van der Waals surface area contributed by atoms with E-state index in [0.29, 0.717) is 6.42 Å². The first-order valence-corrected chi connectivity index (χ1v) is 6.73. The summed E-state index contributed by atoms with van der Waals surface area (Å²) in [5.74, 6) is -1.35. The van der Waals surface area contributed by atoms with Gasteiger partial charge in [0.2, 0.25) is 5.91 Å². The minimum absolute atomic E-state index is 0.148. The summed E-state index contributed by atoms with van der Waals surface area (Å²) in [5.41, 5.74) is 0. The molecule has 5 heteroatoms. The lowest BCUT2D eigenvalue weighted by Gasteiger charge is -2.27. The van der Waals surface area contributed by atoms with E-state index in [4.69, 9.17) is 9.84 Å². The Labute approximate surface area is 108 Å². The highest BCUT2D eigenvalue weighted by Crippen LogP contribution is 2.22. The third-order valence-corrected chi connectivity index (χ3v) is 3.30. The monoisotopic (exact) mass is 257 g/mol. The molecule has 5 nitrogen and oxygen atoms in total. The molecule has 0 spiro atoms. The first kappa shape index (κ1) is 15.0. The quantitative estimate of drug-likeness (QED) is 0.759. The van der Waals surface area contributed by atoms with Crippen LogP contribution in [-0.4, -0.2) is 35.2 Å². The Morgan fingerprint density at radius 1 is 1.33 bits per heavy atom. The molecule has 0 aliphatic heterocycles. The highest BCUT2D eigenvalue weighted by atomic mass is 16.5. The van der Waals surface area contributed by atoms with E-state index in [0.717, 1.165) is 25.7 Å². The fraction of sp³-hybridized carbons (Fsp3) is 0.846. The molecule has 1 aliphatic rings. The summed E-state index contributed by atoms with van der Waals surface area (Å²) >= 11 is 0. The van der Waals surface area contributed by atoms with Crippen LogP contribution < -0.4 is 5.32 Å². The second-order valence-electron chi connectivity index (χ2n) is 4.86. The minimum Gasteiger partial charge on any atom is -0.480 e. The molecule has 2 atom stereocenters. The first-order chi connectivity index (χ1) is 8.54. The number of hydrogen-bond donors (Lipinski definition) is 2. The van der Waals surface area contributed by atoms with Gasteiger partial charge in [-0.15, -0.1) is 0 Å². The predicted molar refractivity (Wildman–Crippen MR) is 67.3 cm³/mol. The molecule has 0 bridgehead atoms. The number of carboxylic acid groups (broad SMARTS) is 1. The van der Waals surface area contributed by atoms with Crippen molar-refractivity contribution in [2.45, 2.75) is 70.6 Å². The molecule has 0 aromatic carbocycles. The van der Waals surface area contributed by atoms with Crippen molar-refractivity contribution in [2.24, 2.45) is 0 Å². The highest BCUT2D eigenvalue weighted by molar-refractivity contribution is 5.86. The van der Waals surface area contributed by atoms with Gasteiger partial charge in [0, 0.05) is 0 Å². The molecule has 0 aromatic rings. The number of carbonyl (C=O) groups excluding carboxylic acids is 1. The number of carbonyl (C=O) groups is 2. The van der Waals surface area contributed by atoms with E-state index in [-0.39, 0.29) is 12.0 Å². The van der Waals surface area contributed by atoms with Crippen LogP contribution in [0.25, 0.3) is 0 Å². The molecule has 18 heavy (non-hydrogen) atoms. The van der Waals surface area contributed by atoms with Crippen LogP contribution in [0.4, 0.5) is 0 Å². The van der Waals surface area contributed by atoms with Crippen LogP contribution >= 0.6 is 0 Å². The molecule has 0 heterocycles. The van der Waals surface area contributed by atoms with Crippen LogP contribution in [0.3, 0.4) is 0 Å². The van der Waals surface area contributed by atoms with E-state index >= 15 is 0 Å². The molecule has 1 saturated carbocycles. The average Bonchev–Trinajstić information content (AvgIpc) is 2.36. The molecule has 104 valence electrons. The van der Waals surface area contributed by atoms with Crippen molar-refractivity contribution >= 4 is 11.9 Å². The Balaban J connectivity index is 2.43. The largest absolute Gasteiger partial charge is 0.480 e. The summed E-state index contributed by atoms with van der Waals surface area (Å²) in [7, 11) is 0. The number of carboxylic acids is 1. The standard InChI is InChI=1S/C13H23NO4/c1-3-11(12(15)14-9(2)13(16)17)18-10-7-5-4-6-8-10/h9-11H,3-8H2,1-2H3,(H,14,15)(H,16,17)/t9-,11?/m1/s1. The maximum absolute atomic E-state index is 11.9. The second kappa shape index (κ2) is 7.36. The van der Waals surface area contributed by atoms with Gasteiger partial charge < -0.3 is 15.2 Å². The van der Waals surface area contributed by atoms with E-state index in [2.05, 4.69) is 5.32 Å². The molecule has 1 amide bonds. The zero-order valence-electron chi connectivity index (χ0n) is 11.1. The summed E-state index contributed by atoms with van der Waals surface area (Å²) in [5, 5.41) is 11.2. The second-order valence-corrected chi connectivity index (χ2v) is 4.86. The molecule has 0 aromatic heterocycles. The van der Waals surface area contributed by atoms with E-state index in [1.807, 2.05) is 6.92 Å². The number of hydrogen-bond acceptors (Lipinski definition) is 3. The van der Waals surface area contributed by atoms with E-state index in [1.54, 1.807) is 0 Å². The lowest BCUT2D eigenvalue weighted by atomic mass is 9.97. The normalized spacial score (nSPS) is 20.1. The molecule has 1 rings (SSSR count). The van der Waals surface area contributed by atoms with Crippen LogP contribution in [0.5, 0.6) is 0 Å². The van der Waals surface area contributed by atoms with Gasteiger partial charge in [-0.2, -0.15) is 0 Å². The van der Waals surface area contributed by atoms with Gasteiger partial charge in [-0.25, -0.2) is 0 Å². The third kappa shape index (κ3) is 4.64. The maximum atomic E-state index is 11.9. The van der Waals surface area contributed by atoms with Crippen molar-refractivity contribution in [3.63, 3.8) is 0 Å². The van der Waals surface area contributed by atoms with Gasteiger partial charge in [0.15, 0.2) is 0 Å². The highest BCUT2D eigenvalue weighted by Gasteiger charge is 2.25. The van der Waals surface area contributed by atoms with Crippen molar-refractivity contribution < 1.29 is 19.4 Å². The topological polar surface area (TPSA) is 75.6 Å². The number of aliphatic carboxylic acids is 1. The summed E-state index contributed by atoms with van der Waals surface area (Å²) in [6, 6.07) is -0.874. The summed E-state index contributed by atoms with van der Waals surface area (Å²) < 4.78 is 5.78. The minimum atomic E-state index is -1.03. The van der Waals surface area contributed by atoms with E-state index < -0.39 is 18.1 Å².